The summed E-state index contributed by atoms with van der Waals surface area (Å²) in [4.78, 5) is 46.9. The quantitative estimate of drug-likeness (QED) is 0.169. The molecule has 0 saturated carbocycles. The van der Waals surface area contributed by atoms with Gasteiger partial charge >= 0.3 is 0 Å². The van der Waals surface area contributed by atoms with Gasteiger partial charge in [-0.1, -0.05) is 35.4 Å². The number of hydrogen-bond donors (Lipinski definition) is 2. The maximum atomic E-state index is 5.42. The fraction of sp³-hybridized carbons (Fsp3) is 0.125. The topological polar surface area (TPSA) is 154 Å². The van der Waals surface area contributed by atoms with Crippen LogP contribution in [0.2, 0.25) is 0 Å². The number of H-pyrrole nitrogens is 2. The number of aromatic amines is 2. The van der Waals surface area contributed by atoms with Crippen LogP contribution in [0.3, 0.4) is 0 Å². The molecule has 0 aliphatic carbocycles. The van der Waals surface area contributed by atoms with Crippen LogP contribution in [0.4, 0.5) is 0 Å². The van der Waals surface area contributed by atoms with Gasteiger partial charge in [-0.05, 0) is 99.2 Å². The van der Waals surface area contributed by atoms with Crippen molar-refractivity contribution in [3.8, 4) is 33.6 Å². The summed E-state index contributed by atoms with van der Waals surface area (Å²) in [5.74, 6) is 1.01. The van der Waals surface area contributed by atoms with E-state index in [4.69, 9.17) is 19.9 Å². The van der Waals surface area contributed by atoms with Crippen molar-refractivity contribution in [2.45, 2.75) is 41.5 Å². The maximum Gasteiger partial charge on any atom is 0.179 e. The second kappa shape index (κ2) is 14.2. The lowest BCUT2D eigenvalue weighted by Crippen LogP contribution is -1.98. The third kappa shape index (κ3) is 6.10. The fourth-order valence-corrected chi connectivity index (χ4v) is 9.06. The SMILES string of the molecule is Cc1cc(C)c(-c2c3nc(nc4[nH]c(cc4-n4ccnc4)c(-c4c(C)cc(C)cc4C)c4nc(nc5[nH]c2cc5-n2ccnc2)C(n2ccnc2)=C4)C(n2ccnc2)=C3)c(C)c1. The molecule has 8 bridgehead atoms. The third-order valence-electron chi connectivity index (χ3n) is 11.5. The Morgan fingerprint density at radius 3 is 1.10 bits per heavy atom. The molecule has 2 aliphatic rings. The average Bonchev–Trinajstić information content (AvgIpc) is 4.07. The minimum absolute atomic E-state index is 0.506. The first-order valence-corrected chi connectivity index (χ1v) is 20.3. The molecule has 302 valence electrons. The smallest absolute Gasteiger partial charge is 0.179 e. The van der Waals surface area contributed by atoms with Crippen molar-refractivity contribution < 1.29 is 0 Å². The Hall–Kier alpha value is -8.26. The Morgan fingerprint density at radius 2 is 0.758 bits per heavy atom. The van der Waals surface area contributed by atoms with Crippen molar-refractivity contribution in [2.24, 2.45) is 0 Å². The van der Waals surface area contributed by atoms with Crippen molar-refractivity contribution in [1.82, 2.24) is 68.1 Å². The molecule has 2 N–H and O–H groups in total. The van der Waals surface area contributed by atoms with Crippen LogP contribution in [0.25, 0.3) is 79.5 Å². The zero-order valence-electron chi connectivity index (χ0n) is 34.9. The van der Waals surface area contributed by atoms with Crippen molar-refractivity contribution in [3.63, 3.8) is 0 Å². The third-order valence-corrected chi connectivity index (χ3v) is 11.5. The van der Waals surface area contributed by atoms with Crippen molar-refractivity contribution in [3.05, 3.63) is 168 Å². The number of nitrogens with zero attached hydrogens (tertiary/aromatic N) is 12. The van der Waals surface area contributed by atoms with Crippen LogP contribution in [-0.2, 0) is 0 Å². The van der Waals surface area contributed by atoms with Crippen molar-refractivity contribution >= 4 is 45.9 Å². The second-order valence-electron chi connectivity index (χ2n) is 15.9. The fourth-order valence-electron chi connectivity index (χ4n) is 9.06. The summed E-state index contributed by atoms with van der Waals surface area (Å²) in [7, 11) is 0. The van der Waals surface area contributed by atoms with Crippen LogP contribution in [-0.4, -0.2) is 68.1 Å². The number of aromatic nitrogens is 14. The van der Waals surface area contributed by atoms with Gasteiger partial charge in [0.1, 0.15) is 0 Å². The summed E-state index contributed by atoms with van der Waals surface area (Å²) in [5.41, 5.74) is 18.1. The van der Waals surface area contributed by atoms with Crippen LogP contribution in [0.1, 0.15) is 56.4 Å². The zero-order chi connectivity index (χ0) is 42.2. The van der Waals surface area contributed by atoms with E-state index < -0.39 is 0 Å². The molecule has 0 atom stereocenters. The van der Waals surface area contributed by atoms with E-state index in [9.17, 15) is 0 Å². The van der Waals surface area contributed by atoms with Gasteiger partial charge in [-0.15, -0.1) is 0 Å². The highest BCUT2D eigenvalue weighted by atomic mass is 15.1. The summed E-state index contributed by atoms with van der Waals surface area (Å²) < 4.78 is 7.83. The monoisotopic (exact) mass is 812 g/mol. The lowest BCUT2D eigenvalue weighted by atomic mass is 9.92. The van der Waals surface area contributed by atoms with Crippen LogP contribution < -0.4 is 0 Å². The van der Waals surface area contributed by atoms with E-state index in [-0.39, 0.29) is 0 Å². The first-order chi connectivity index (χ1) is 30.2. The molecule has 0 spiro atoms. The predicted octanol–water partition coefficient (Wildman–Crippen LogP) is 9.15. The molecule has 0 unspecified atom stereocenters. The van der Waals surface area contributed by atoms with Crippen molar-refractivity contribution in [2.75, 3.05) is 0 Å². The summed E-state index contributed by atoms with van der Waals surface area (Å²) in [6.07, 6.45) is 26.0. The first kappa shape index (κ1) is 36.8. The highest BCUT2D eigenvalue weighted by Gasteiger charge is 2.25. The normalized spacial score (nSPS) is 12.5. The molecule has 11 rings (SSSR count). The number of imidazole rings is 4. The van der Waals surface area contributed by atoms with Gasteiger partial charge in [-0.3, -0.25) is 0 Å². The number of nitrogens with one attached hydrogen (secondary N) is 2. The highest BCUT2D eigenvalue weighted by Crippen LogP contribution is 2.40. The van der Waals surface area contributed by atoms with Gasteiger partial charge in [0.15, 0.2) is 22.9 Å². The predicted molar refractivity (Wildman–Crippen MR) is 241 cm³/mol. The molecule has 0 radical (unpaired) electrons. The largest absolute Gasteiger partial charge is 0.338 e. The van der Waals surface area contributed by atoms with Gasteiger partial charge in [0, 0.05) is 60.7 Å². The zero-order valence-corrected chi connectivity index (χ0v) is 34.9. The molecule has 14 nitrogen and oxygen atoms in total. The average molecular weight is 813 g/mol. The van der Waals surface area contributed by atoms with Gasteiger partial charge in [0.05, 0.1) is 70.5 Å². The van der Waals surface area contributed by atoms with Crippen LogP contribution in [0, 0.1) is 41.5 Å². The lowest BCUT2D eigenvalue weighted by Gasteiger charge is -2.13. The Labute approximate surface area is 355 Å². The van der Waals surface area contributed by atoms with E-state index in [0.717, 1.165) is 89.7 Å². The summed E-state index contributed by atoms with van der Waals surface area (Å²) in [6, 6.07) is 13.1. The number of aryl methyl sites for hydroxylation is 6. The van der Waals surface area contributed by atoms with E-state index in [1.54, 1.807) is 50.1 Å². The van der Waals surface area contributed by atoms with Gasteiger partial charge < -0.3 is 28.2 Å². The molecule has 9 aromatic rings. The Kier molecular flexibility index (Phi) is 8.42. The first-order valence-electron chi connectivity index (χ1n) is 20.3. The Bertz CT molecular complexity index is 3170. The molecule has 9 heterocycles. The van der Waals surface area contributed by atoms with Crippen LogP contribution >= 0.6 is 0 Å². The molecule has 0 fully saturated rings. The van der Waals surface area contributed by atoms with Crippen LogP contribution in [0.15, 0.2) is 111 Å². The number of fused-ring (bicyclic) bond motifs is 8. The Balaban J connectivity index is 1.38. The molecule has 14 heteroatoms. The summed E-state index contributed by atoms with van der Waals surface area (Å²) >= 11 is 0. The minimum Gasteiger partial charge on any atom is -0.338 e. The molecule has 0 saturated heterocycles. The van der Waals surface area contributed by atoms with Gasteiger partial charge in [0.2, 0.25) is 0 Å². The Morgan fingerprint density at radius 1 is 0.403 bits per heavy atom. The van der Waals surface area contributed by atoms with Gasteiger partial charge in [-0.2, -0.15) is 0 Å². The van der Waals surface area contributed by atoms with Crippen molar-refractivity contribution in [1.29, 1.82) is 0 Å². The van der Waals surface area contributed by atoms with E-state index in [1.165, 1.54) is 11.1 Å². The molecule has 7 aromatic heterocycles. The number of hydrogen-bond acceptors (Lipinski definition) is 8. The van der Waals surface area contributed by atoms with E-state index >= 15 is 0 Å². The van der Waals surface area contributed by atoms with Gasteiger partial charge in [0.25, 0.3) is 0 Å². The molecule has 2 aliphatic heterocycles. The summed E-state index contributed by atoms with van der Waals surface area (Å²) in [6.45, 7) is 12.8. The highest BCUT2D eigenvalue weighted by molar-refractivity contribution is 5.98. The van der Waals surface area contributed by atoms with E-state index in [0.29, 0.717) is 22.9 Å². The summed E-state index contributed by atoms with van der Waals surface area (Å²) in [5, 5.41) is 0. The molecule has 62 heavy (non-hydrogen) atoms. The second-order valence-corrected chi connectivity index (χ2v) is 15.9. The molecule has 2 aromatic carbocycles. The molecular formula is C48H40N14. The standard InChI is InChI=1S/C48H40N14/c1-27-15-29(3)41(30(4)16-27)43-33-19-37(59-11-7-49-23-59)45(53-33)57-47-39(61-13-9-51-25-61)21-35(55-47)44(42-31(5)17-28(2)18-32(42)6)36-22-40(62-14-10-52-26-62)48(56-36)58-46-38(20-34(43)54-46)60-12-8-50-24-60/h7-26H,1-6H3,(H,53,55,57)(H,54,56,58). The molecule has 0 amide bonds. The number of rotatable bonds is 6. The van der Waals surface area contributed by atoms with E-state index in [1.807, 2.05) is 43.1 Å². The van der Waals surface area contributed by atoms with Crippen LogP contribution in [0.5, 0.6) is 0 Å². The lowest BCUT2D eigenvalue weighted by molar-refractivity contribution is 1.03. The maximum absolute atomic E-state index is 5.42. The number of benzene rings is 2. The van der Waals surface area contributed by atoms with Gasteiger partial charge in [-0.25, -0.2) is 39.9 Å². The minimum atomic E-state index is 0.506. The van der Waals surface area contributed by atoms with E-state index in [2.05, 4.69) is 120 Å². The molecular weight excluding hydrogens is 773 g/mol.